The molecule has 0 aliphatic carbocycles. The Kier molecular flexibility index (Phi) is 7.83. The van der Waals surface area contributed by atoms with Gasteiger partial charge in [0.1, 0.15) is 0 Å². The number of ether oxygens (including phenoxy) is 1. The third kappa shape index (κ3) is 6.39. The largest absolute Gasteiger partial charge is 0.377 e. The van der Waals surface area contributed by atoms with Crippen molar-refractivity contribution in [3.8, 4) is 0 Å². The molecule has 2 rings (SSSR count). The number of hydrogen-bond donors (Lipinski definition) is 3. The molecule has 0 bridgehead atoms. The predicted octanol–water partition coefficient (Wildman–Crippen LogP) is 0.873. The Bertz CT molecular complexity index is 640. The zero-order chi connectivity index (χ0) is 18.1. The molecule has 1 aromatic rings. The molecule has 7 nitrogen and oxygen atoms in total. The highest BCUT2D eigenvalue weighted by atomic mass is 32.2. The van der Waals surface area contributed by atoms with Gasteiger partial charge in [-0.1, -0.05) is 6.92 Å². The minimum absolute atomic E-state index is 0.0545. The zero-order valence-electron chi connectivity index (χ0n) is 14.6. The van der Waals surface area contributed by atoms with Crippen molar-refractivity contribution >= 4 is 15.9 Å². The summed E-state index contributed by atoms with van der Waals surface area (Å²) in [7, 11) is -3.59. The molecule has 0 saturated carbocycles. The average Bonchev–Trinajstić information content (AvgIpc) is 3.13. The van der Waals surface area contributed by atoms with Crippen LogP contribution in [-0.2, 0) is 14.8 Å². The van der Waals surface area contributed by atoms with Gasteiger partial charge in [0.05, 0.1) is 11.0 Å². The summed E-state index contributed by atoms with van der Waals surface area (Å²) in [6.45, 7) is 5.19. The van der Waals surface area contributed by atoms with Crippen LogP contribution in [0.3, 0.4) is 0 Å². The van der Waals surface area contributed by atoms with Crippen molar-refractivity contribution in [2.75, 3.05) is 32.8 Å². The van der Waals surface area contributed by atoms with E-state index < -0.39 is 10.0 Å². The number of amides is 1. The number of carbonyl (C=O) groups excluding carboxylic acids is 1. The van der Waals surface area contributed by atoms with Gasteiger partial charge in [-0.05, 0) is 50.1 Å². The number of sulfonamides is 1. The van der Waals surface area contributed by atoms with Crippen molar-refractivity contribution < 1.29 is 17.9 Å². The molecule has 8 heteroatoms. The summed E-state index contributed by atoms with van der Waals surface area (Å²) in [5.41, 5.74) is 0.438. The molecule has 0 aromatic heterocycles. The molecule has 1 atom stereocenters. The van der Waals surface area contributed by atoms with E-state index in [9.17, 15) is 13.2 Å². The number of rotatable bonds is 10. The summed E-state index contributed by atoms with van der Waals surface area (Å²) in [5.74, 6) is -0.213. The Morgan fingerprint density at radius 1 is 1.20 bits per heavy atom. The standard InChI is InChI=1S/C17H27N3O4S/c1-2-9-18-10-11-19-17(21)14-5-7-16(8-6-14)25(22,23)20-13-15-4-3-12-24-15/h5-8,15,18,20H,2-4,9-13H2,1H3,(H,19,21). The lowest BCUT2D eigenvalue weighted by molar-refractivity contribution is 0.0954. The summed E-state index contributed by atoms with van der Waals surface area (Å²) in [6, 6.07) is 5.94. The first-order chi connectivity index (χ1) is 12.0. The molecule has 25 heavy (non-hydrogen) atoms. The normalized spacial score (nSPS) is 17.6. The van der Waals surface area contributed by atoms with Crippen LogP contribution in [0.15, 0.2) is 29.2 Å². The van der Waals surface area contributed by atoms with Gasteiger partial charge in [0.25, 0.3) is 5.91 Å². The lowest BCUT2D eigenvalue weighted by atomic mass is 10.2. The second-order valence-corrected chi connectivity index (χ2v) is 7.78. The van der Waals surface area contributed by atoms with Gasteiger partial charge < -0.3 is 15.4 Å². The molecule has 140 valence electrons. The van der Waals surface area contributed by atoms with Crippen LogP contribution in [0.2, 0.25) is 0 Å². The number of carbonyl (C=O) groups is 1. The fraction of sp³-hybridized carbons (Fsp3) is 0.588. The first-order valence-corrected chi connectivity index (χ1v) is 10.2. The van der Waals surface area contributed by atoms with Gasteiger partial charge >= 0.3 is 0 Å². The summed E-state index contributed by atoms with van der Waals surface area (Å²) in [6.07, 6.45) is 2.82. The zero-order valence-corrected chi connectivity index (χ0v) is 15.4. The summed E-state index contributed by atoms with van der Waals surface area (Å²) < 4.78 is 32.5. The average molecular weight is 369 g/mol. The number of benzene rings is 1. The quantitative estimate of drug-likeness (QED) is 0.532. The van der Waals surface area contributed by atoms with E-state index in [1.165, 1.54) is 24.3 Å². The number of nitrogens with one attached hydrogen (secondary N) is 3. The first kappa shape index (κ1) is 19.8. The molecule has 1 aliphatic heterocycles. The van der Waals surface area contributed by atoms with E-state index in [4.69, 9.17) is 4.74 Å². The van der Waals surface area contributed by atoms with E-state index in [-0.39, 0.29) is 23.5 Å². The Morgan fingerprint density at radius 2 is 1.96 bits per heavy atom. The van der Waals surface area contributed by atoms with Gasteiger partial charge in [-0.15, -0.1) is 0 Å². The predicted molar refractivity (Wildman–Crippen MR) is 96.1 cm³/mol. The lowest BCUT2D eigenvalue weighted by Gasteiger charge is -2.12. The van der Waals surface area contributed by atoms with Crippen LogP contribution < -0.4 is 15.4 Å². The van der Waals surface area contributed by atoms with E-state index in [0.717, 1.165) is 25.8 Å². The molecule has 1 aromatic carbocycles. The molecule has 0 spiro atoms. The van der Waals surface area contributed by atoms with E-state index in [1.807, 2.05) is 0 Å². The highest BCUT2D eigenvalue weighted by Crippen LogP contribution is 2.14. The van der Waals surface area contributed by atoms with Crippen molar-refractivity contribution in [2.45, 2.75) is 37.2 Å². The summed E-state index contributed by atoms with van der Waals surface area (Å²) in [5, 5.41) is 5.99. The molecular weight excluding hydrogens is 342 g/mol. The van der Waals surface area contributed by atoms with Gasteiger partial charge in [-0.25, -0.2) is 13.1 Å². The van der Waals surface area contributed by atoms with Crippen molar-refractivity contribution in [2.24, 2.45) is 0 Å². The van der Waals surface area contributed by atoms with E-state index in [1.54, 1.807) is 0 Å². The minimum atomic E-state index is -3.59. The smallest absolute Gasteiger partial charge is 0.251 e. The van der Waals surface area contributed by atoms with Crippen molar-refractivity contribution in [1.29, 1.82) is 0 Å². The molecule has 1 heterocycles. The van der Waals surface area contributed by atoms with Crippen LogP contribution in [0.25, 0.3) is 0 Å². The van der Waals surface area contributed by atoms with Gasteiger partial charge in [0, 0.05) is 31.8 Å². The molecule has 1 unspecified atom stereocenters. The van der Waals surface area contributed by atoms with Crippen LogP contribution in [0.4, 0.5) is 0 Å². The van der Waals surface area contributed by atoms with Crippen molar-refractivity contribution in [1.82, 2.24) is 15.4 Å². The molecule has 1 aliphatic rings. The van der Waals surface area contributed by atoms with Crippen LogP contribution in [0.1, 0.15) is 36.5 Å². The molecular formula is C17H27N3O4S. The minimum Gasteiger partial charge on any atom is -0.377 e. The molecule has 0 radical (unpaired) electrons. The van der Waals surface area contributed by atoms with Gasteiger partial charge in [0.2, 0.25) is 10.0 Å². The third-order valence-electron chi connectivity index (χ3n) is 3.97. The van der Waals surface area contributed by atoms with Crippen LogP contribution in [-0.4, -0.2) is 53.2 Å². The Labute approximate surface area is 149 Å². The SMILES string of the molecule is CCCNCCNC(=O)c1ccc(S(=O)(=O)NCC2CCCO2)cc1. The fourth-order valence-electron chi connectivity index (χ4n) is 2.55. The second-order valence-electron chi connectivity index (χ2n) is 6.02. The Morgan fingerprint density at radius 3 is 2.60 bits per heavy atom. The van der Waals surface area contributed by atoms with Gasteiger partial charge in [0.15, 0.2) is 0 Å². The van der Waals surface area contributed by atoms with Crippen LogP contribution in [0, 0.1) is 0 Å². The van der Waals surface area contributed by atoms with Crippen LogP contribution in [0.5, 0.6) is 0 Å². The van der Waals surface area contributed by atoms with E-state index in [0.29, 0.717) is 25.3 Å². The highest BCUT2D eigenvalue weighted by Gasteiger charge is 2.20. The molecule has 3 N–H and O–H groups in total. The monoisotopic (exact) mass is 369 g/mol. The van der Waals surface area contributed by atoms with Gasteiger partial charge in [-0.3, -0.25) is 4.79 Å². The topological polar surface area (TPSA) is 96.5 Å². The Hall–Kier alpha value is -1.48. The highest BCUT2D eigenvalue weighted by molar-refractivity contribution is 7.89. The third-order valence-corrected chi connectivity index (χ3v) is 5.41. The maximum absolute atomic E-state index is 12.3. The van der Waals surface area contributed by atoms with E-state index >= 15 is 0 Å². The van der Waals surface area contributed by atoms with Gasteiger partial charge in [-0.2, -0.15) is 0 Å². The second kappa shape index (κ2) is 9.86. The first-order valence-electron chi connectivity index (χ1n) is 8.73. The van der Waals surface area contributed by atoms with Crippen molar-refractivity contribution in [3.63, 3.8) is 0 Å². The van der Waals surface area contributed by atoms with Crippen molar-refractivity contribution in [3.05, 3.63) is 29.8 Å². The molecule has 1 saturated heterocycles. The van der Waals surface area contributed by atoms with E-state index in [2.05, 4.69) is 22.3 Å². The molecule has 1 fully saturated rings. The summed E-state index contributed by atoms with van der Waals surface area (Å²) in [4.78, 5) is 12.2. The molecule has 1 amide bonds. The van der Waals surface area contributed by atoms with Crippen LogP contribution >= 0.6 is 0 Å². The lowest BCUT2D eigenvalue weighted by Crippen LogP contribution is -2.32. The Balaban J connectivity index is 1.84. The number of hydrogen-bond acceptors (Lipinski definition) is 5. The maximum Gasteiger partial charge on any atom is 0.251 e. The maximum atomic E-state index is 12.3. The fourth-order valence-corrected chi connectivity index (χ4v) is 3.61. The summed E-state index contributed by atoms with van der Waals surface area (Å²) >= 11 is 0.